The van der Waals surface area contributed by atoms with Crippen molar-refractivity contribution in [3.8, 4) is 0 Å². The van der Waals surface area contributed by atoms with Crippen LogP contribution in [0.4, 0.5) is 4.39 Å². The summed E-state index contributed by atoms with van der Waals surface area (Å²) in [5, 5.41) is 6.60. The molecule has 1 nitrogen and oxygen atoms in total. The van der Waals surface area contributed by atoms with Crippen molar-refractivity contribution >= 4 is 37.4 Å². The molecule has 1 unspecified atom stereocenters. The van der Waals surface area contributed by atoms with Gasteiger partial charge in [0.1, 0.15) is 5.82 Å². The van der Waals surface area contributed by atoms with Crippen LogP contribution < -0.4 is 5.32 Å². The number of nitrogens with one attached hydrogen (secondary N) is 1. The minimum absolute atomic E-state index is 0.0394. The second-order valence-corrected chi connectivity index (χ2v) is 6.26. The molecular formula is C16H13BrFNS. The number of rotatable bonds is 3. The van der Waals surface area contributed by atoms with Gasteiger partial charge in [-0.1, -0.05) is 30.3 Å². The van der Waals surface area contributed by atoms with Crippen LogP contribution in [0.5, 0.6) is 0 Å². The van der Waals surface area contributed by atoms with Gasteiger partial charge in [0.2, 0.25) is 0 Å². The number of hydrogen-bond donors (Lipinski definition) is 1. The maximum absolute atomic E-state index is 13.8. The first-order valence-corrected chi connectivity index (χ1v) is 7.97. The van der Waals surface area contributed by atoms with E-state index in [-0.39, 0.29) is 11.9 Å². The lowest BCUT2D eigenvalue weighted by molar-refractivity contribution is 0.609. The highest BCUT2D eigenvalue weighted by atomic mass is 79.9. The van der Waals surface area contributed by atoms with Crippen molar-refractivity contribution in [2.24, 2.45) is 0 Å². The molecule has 0 radical (unpaired) electrons. The Morgan fingerprint density at radius 3 is 2.65 bits per heavy atom. The van der Waals surface area contributed by atoms with Crippen LogP contribution in [0.15, 0.2) is 52.3 Å². The standard InChI is InChI=1S/C16H13BrFNS/c1-19-15(11-5-3-7-13(18)14(11)17)12-6-2-4-10-8-9-20-16(10)12/h2-9,15,19H,1H3. The zero-order chi connectivity index (χ0) is 14.1. The Labute approximate surface area is 129 Å². The first-order valence-electron chi connectivity index (χ1n) is 6.29. The molecule has 0 amide bonds. The summed E-state index contributed by atoms with van der Waals surface area (Å²) in [6.07, 6.45) is 0. The lowest BCUT2D eigenvalue weighted by Gasteiger charge is -2.19. The van der Waals surface area contributed by atoms with E-state index in [1.165, 1.54) is 21.7 Å². The summed E-state index contributed by atoms with van der Waals surface area (Å²) in [6, 6.07) is 13.5. The lowest BCUT2D eigenvalue weighted by Crippen LogP contribution is -2.18. The molecule has 0 saturated carbocycles. The molecule has 3 rings (SSSR count). The fraction of sp³-hybridized carbons (Fsp3) is 0.125. The number of halogens is 2. The van der Waals surface area contributed by atoms with Crippen LogP contribution in [-0.2, 0) is 0 Å². The Morgan fingerprint density at radius 2 is 1.85 bits per heavy atom. The van der Waals surface area contributed by atoms with Crippen LogP contribution in [0.1, 0.15) is 17.2 Å². The predicted octanol–water partition coefficient (Wildman–Crippen LogP) is 5.11. The quantitative estimate of drug-likeness (QED) is 0.692. The lowest BCUT2D eigenvalue weighted by atomic mass is 9.98. The average Bonchev–Trinajstić information content (AvgIpc) is 2.93. The molecular weight excluding hydrogens is 337 g/mol. The van der Waals surface area contributed by atoms with Gasteiger partial charge >= 0.3 is 0 Å². The van der Waals surface area contributed by atoms with Gasteiger partial charge in [-0.25, -0.2) is 4.39 Å². The fourth-order valence-electron chi connectivity index (χ4n) is 2.47. The molecule has 1 heterocycles. The van der Waals surface area contributed by atoms with Crippen molar-refractivity contribution in [2.45, 2.75) is 6.04 Å². The summed E-state index contributed by atoms with van der Waals surface area (Å²) in [7, 11) is 1.90. The Hall–Kier alpha value is -1.23. The van der Waals surface area contributed by atoms with Crippen LogP contribution >= 0.6 is 27.3 Å². The summed E-state index contributed by atoms with van der Waals surface area (Å²) in [4.78, 5) is 0. The van der Waals surface area contributed by atoms with Gasteiger partial charge in [-0.05, 0) is 57.0 Å². The predicted molar refractivity (Wildman–Crippen MR) is 86.8 cm³/mol. The first kappa shape index (κ1) is 13.7. The largest absolute Gasteiger partial charge is 0.309 e. The van der Waals surface area contributed by atoms with Gasteiger partial charge in [-0.2, -0.15) is 0 Å². The number of benzene rings is 2. The number of hydrogen-bond acceptors (Lipinski definition) is 2. The van der Waals surface area contributed by atoms with Crippen molar-refractivity contribution in [1.29, 1.82) is 0 Å². The molecule has 2 aromatic carbocycles. The maximum Gasteiger partial charge on any atom is 0.137 e. The molecule has 0 aliphatic rings. The molecule has 3 aromatic rings. The van der Waals surface area contributed by atoms with Crippen molar-refractivity contribution in [3.63, 3.8) is 0 Å². The third kappa shape index (κ3) is 2.28. The number of fused-ring (bicyclic) bond motifs is 1. The van der Waals surface area contributed by atoms with E-state index >= 15 is 0 Å². The molecule has 0 aliphatic heterocycles. The van der Waals surface area contributed by atoms with Crippen molar-refractivity contribution in [1.82, 2.24) is 5.32 Å². The van der Waals surface area contributed by atoms with Crippen molar-refractivity contribution in [3.05, 3.63) is 69.3 Å². The monoisotopic (exact) mass is 349 g/mol. The molecule has 0 spiro atoms. The van der Waals surface area contributed by atoms with E-state index < -0.39 is 0 Å². The van der Waals surface area contributed by atoms with E-state index in [0.29, 0.717) is 4.47 Å². The van der Waals surface area contributed by atoms with Crippen molar-refractivity contribution < 1.29 is 4.39 Å². The Bertz CT molecular complexity index is 753. The van der Waals surface area contributed by atoms with Gasteiger partial charge in [0.15, 0.2) is 0 Å². The average molecular weight is 350 g/mol. The second-order valence-electron chi connectivity index (χ2n) is 4.55. The van der Waals surface area contributed by atoms with Crippen LogP contribution in [-0.4, -0.2) is 7.05 Å². The van der Waals surface area contributed by atoms with E-state index in [1.54, 1.807) is 17.4 Å². The van der Waals surface area contributed by atoms with Gasteiger partial charge < -0.3 is 5.32 Å². The van der Waals surface area contributed by atoms with Gasteiger partial charge in [-0.15, -0.1) is 11.3 Å². The van der Waals surface area contributed by atoms with Crippen molar-refractivity contribution in [2.75, 3.05) is 7.05 Å². The topological polar surface area (TPSA) is 12.0 Å². The highest BCUT2D eigenvalue weighted by Gasteiger charge is 2.19. The van der Waals surface area contributed by atoms with Crippen LogP contribution in [0.25, 0.3) is 10.1 Å². The van der Waals surface area contributed by atoms with E-state index in [4.69, 9.17) is 0 Å². The SMILES string of the molecule is CNC(c1cccc(F)c1Br)c1cccc2ccsc12. The van der Waals surface area contributed by atoms with E-state index in [9.17, 15) is 4.39 Å². The summed E-state index contributed by atoms with van der Waals surface area (Å²) in [5.41, 5.74) is 2.08. The molecule has 1 aromatic heterocycles. The fourth-order valence-corrected chi connectivity index (χ4v) is 3.90. The minimum Gasteiger partial charge on any atom is -0.309 e. The first-order chi connectivity index (χ1) is 9.72. The molecule has 4 heteroatoms. The molecule has 0 bridgehead atoms. The summed E-state index contributed by atoms with van der Waals surface area (Å²) >= 11 is 5.08. The maximum atomic E-state index is 13.8. The van der Waals surface area contributed by atoms with Crippen LogP contribution in [0.2, 0.25) is 0 Å². The number of thiophene rings is 1. The highest BCUT2D eigenvalue weighted by Crippen LogP contribution is 2.35. The van der Waals surface area contributed by atoms with E-state index in [2.05, 4.69) is 44.8 Å². The second kappa shape index (κ2) is 5.64. The van der Waals surface area contributed by atoms with Crippen LogP contribution in [0.3, 0.4) is 0 Å². The van der Waals surface area contributed by atoms with Gasteiger partial charge in [0.25, 0.3) is 0 Å². The minimum atomic E-state index is -0.235. The third-order valence-corrected chi connectivity index (χ3v) is 5.22. The van der Waals surface area contributed by atoms with E-state index in [1.807, 2.05) is 19.2 Å². The normalized spacial score (nSPS) is 12.8. The molecule has 1 atom stereocenters. The Balaban J connectivity index is 2.19. The molecule has 102 valence electrons. The summed E-state index contributed by atoms with van der Waals surface area (Å²) in [6.45, 7) is 0. The Morgan fingerprint density at radius 1 is 1.10 bits per heavy atom. The van der Waals surface area contributed by atoms with E-state index in [0.717, 1.165) is 5.56 Å². The zero-order valence-electron chi connectivity index (χ0n) is 10.9. The van der Waals surface area contributed by atoms with Gasteiger partial charge in [0, 0.05) is 4.70 Å². The summed E-state index contributed by atoms with van der Waals surface area (Å²) < 4.78 is 15.5. The van der Waals surface area contributed by atoms with Gasteiger partial charge in [0.05, 0.1) is 10.5 Å². The molecule has 1 N–H and O–H groups in total. The van der Waals surface area contributed by atoms with Gasteiger partial charge in [-0.3, -0.25) is 0 Å². The molecule has 0 saturated heterocycles. The Kier molecular flexibility index (Phi) is 3.87. The van der Waals surface area contributed by atoms with Crippen LogP contribution in [0, 0.1) is 5.82 Å². The zero-order valence-corrected chi connectivity index (χ0v) is 13.3. The smallest absolute Gasteiger partial charge is 0.137 e. The summed E-state index contributed by atoms with van der Waals surface area (Å²) in [5.74, 6) is -0.235. The molecule has 0 fully saturated rings. The molecule has 20 heavy (non-hydrogen) atoms. The third-order valence-electron chi connectivity index (χ3n) is 3.40. The highest BCUT2D eigenvalue weighted by molar-refractivity contribution is 9.10. The molecule has 0 aliphatic carbocycles.